The molecule has 0 aromatic heterocycles. The second-order valence-corrected chi connectivity index (χ2v) is 4.27. The molecule has 0 amide bonds. The van der Waals surface area contributed by atoms with Crippen molar-refractivity contribution in [2.24, 2.45) is 0 Å². The lowest BCUT2D eigenvalue weighted by molar-refractivity contribution is 1.47. The van der Waals surface area contributed by atoms with Gasteiger partial charge < -0.3 is 0 Å². The third kappa shape index (κ3) is 2.51. The minimum atomic E-state index is 0. The first-order valence-electron chi connectivity index (χ1n) is 5.98. The summed E-state index contributed by atoms with van der Waals surface area (Å²) in [6.45, 7) is 0. The highest BCUT2D eigenvalue weighted by atomic mass is 35.5. The van der Waals surface area contributed by atoms with E-state index in [-0.39, 0.29) is 12.4 Å². The lowest BCUT2D eigenvalue weighted by atomic mass is 9.97. The van der Waals surface area contributed by atoms with Gasteiger partial charge in [-0.1, -0.05) is 72.8 Å². The van der Waals surface area contributed by atoms with Gasteiger partial charge in [0.25, 0.3) is 0 Å². The van der Waals surface area contributed by atoms with Crippen molar-refractivity contribution in [2.45, 2.75) is 0 Å². The van der Waals surface area contributed by atoms with Crippen molar-refractivity contribution in [3.63, 3.8) is 0 Å². The first-order chi connectivity index (χ1) is 8.86. The fraction of sp³-hybridized carbons (Fsp3) is 0. The van der Waals surface area contributed by atoms with E-state index in [0.29, 0.717) is 5.71 Å². The van der Waals surface area contributed by atoms with Crippen LogP contribution in [0.15, 0.2) is 72.8 Å². The van der Waals surface area contributed by atoms with Crippen LogP contribution in [0.5, 0.6) is 0 Å². The number of benzene rings is 3. The average Bonchev–Trinajstić information content (AvgIpc) is 2.47. The largest absolute Gasteiger partial charge is 0.300 e. The van der Waals surface area contributed by atoms with E-state index < -0.39 is 0 Å². The van der Waals surface area contributed by atoms with Gasteiger partial charge in [0, 0.05) is 11.1 Å². The standard InChI is InChI=1S/C17H13N.ClH/c18-17(14-8-2-1-3-9-14)16-12-6-10-13-7-4-5-11-15(13)16;/h1-12,18H;1H. The fourth-order valence-corrected chi connectivity index (χ4v) is 2.20. The summed E-state index contributed by atoms with van der Waals surface area (Å²) in [5.74, 6) is 0. The molecule has 0 saturated heterocycles. The molecule has 0 unspecified atom stereocenters. The molecule has 3 aromatic rings. The Morgan fingerprint density at radius 2 is 1.32 bits per heavy atom. The number of rotatable bonds is 2. The Balaban J connectivity index is 0.00000133. The maximum absolute atomic E-state index is 8.35. The SMILES string of the molecule is Cl.N=C(c1ccccc1)c1cccc2ccccc12. The molecule has 0 atom stereocenters. The van der Waals surface area contributed by atoms with Crippen LogP contribution in [0.2, 0.25) is 0 Å². The molecule has 94 valence electrons. The molecule has 0 heterocycles. The topological polar surface area (TPSA) is 23.9 Å². The van der Waals surface area contributed by atoms with Crippen molar-refractivity contribution < 1.29 is 0 Å². The lowest BCUT2D eigenvalue weighted by Gasteiger charge is -2.08. The maximum Gasteiger partial charge on any atom is 0.0690 e. The van der Waals surface area contributed by atoms with Crippen molar-refractivity contribution in [1.82, 2.24) is 0 Å². The van der Waals surface area contributed by atoms with E-state index in [4.69, 9.17) is 5.41 Å². The van der Waals surface area contributed by atoms with E-state index in [1.54, 1.807) is 0 Å². The molecule has 1 N–H and O–H groups in total. The molecule has 0 bridgehead atoms. The van der Waals surface area contributed by atoms with Crippen LogP contribution in [0.4, 0.5) is 0 Å². The zero-order valence-electron chi connectivity index (χ0n) is 10.3. The molecule has 0 aliphatic carbocycles. The second-order valence-electron chi connectivity index (χ2n) is 4.27. The van der Waals surface area contributed by atoms with E-state index in [1.165, 1.54) is 5.39 Å². The molecule has 0 fully saturated rings. The zero-order chi connectivity index (χ0) is 12.4. The van der Waals surface area contributed by atoms with Gasteiger partial charge in [-0.15, -0.1) is 12.4 Å². The van der Waals surface area contributed by atoms with Crippen LogP contribution in [-0.2, 0) is 0 Å². The number of hydrogen-bond acceptors (Lipinski definition) is 1. The van der Waals surface area contributed by atoms with Crippen molar-refractivity contribution in [3.8, 4) is 0 Å². The van der Waals surface area contributed by atoms with E-state index >= 15 is 0 Å². The number of nitrogens with one attached hydrogen (secondary N) is 1. The Morgan fingerprint density at radius 1 is 0.684 bits per heavy atom. The number of hydrogen-bond donors (Lipinski definition) is 1. The summed E-state index contributed by atoms with van der Waals surface area (Å²) >= 11 is 0. The Hall–Kier alpha value is -2.12. The highest BCUT2D eigenvalue weighted by Crippen LogP contribution is 2.21. The third-order valence-electron chi connectivity index (χ3n) is 3.12. The Morgan fingerprint density at radius 3 is 2.11 bits per heavy atom. The first-order valence-corrected chi connectivity index (χ1v) is 5.98. The molecule has 0 saturated carbocycles. The molecule has 3 rings (SSSR count). The molecule has 0 spiro atoms. The van der Waals surface area contributed by atoms with Crippen molar-refractivity contribution in [2.75, 3.05) is 0 Å². The maximum atomic E-state index is 8.35. The quantitative estimate of drug-likeness (QED) is 0.652. The van der Waals surface area contributed by atoms with Gasteiger partial charge in [0.1, 0.15) is 0 Å². The first kappa shape index (κ1) is 13.3. The minimum Gasteiger partial charge on any atom is -0.300 e. The van der Waals surface area contributed by atoms with Gasteiger partial charge in [0.15, 0.2) is 0 Å². The molecule has 19 heavy (non-hydrogen) atoms. The predicted octanol–water partition coefficient (Wildman–Crippen LogP) is 4.68. The van der Waals surface area contributed by atoms with Crippen LogP contribution in [0.25, 0.3) is 10.8 Å². The summed E-state index contributed by atoms with van der Waals surface area (Å²) in [5, 5.41) is 10.7. The normalized spacial score (nSPS) is 9.89. The Bertz CT molecular complexity index is 699. The summed E-state index contributed by atoms with van der Waals surface area (Å²) in [7, 11) is 0. The summed E-state index contributed by atoms with van der Waals surface area (Å²) in [6, 6.07) is 24.2. The van der Waals surface area contributed by atoms with Crippen LogP contribution in [-0.4, -0.2) is 5.71 Å². The molecule has 0 radical (unpaired) electrons. The minimum absolute atomic E-state index is 0. The van der Waals surface area contributed by atoms with Gasteiger partial charge in [-0.05, 0) is 10.8 Å². The molecule has 1 nitrogen and oxygen atoms in total. The van der Waals surface area contributed by atoms with Crippen LogP contribution >= 0.6 is 12.4 Å². The average molecular weight is 268 g/mol. The van der Waals surface area contributed by atoms with Crippen LogP contribution in [0.3, 0.4) is 0 Å². The molecule has 3 aromatic carbocycles. The highest BCUT2D eigenvalue weighted by Gasteiger charge is 2.07. The van der Waals surface area contributed by atoms with Crippen molar-refractivity contribution >= 4 is 28.9 Å². The van der Waals surface area contributed by atoms with E-state index in [0.717, 1.165) is 16.5 Å². The van der Waals surface area contributed by atoms with Crippen molar-refractivity contribution in [1.29, 1.82) is 5.41 Å². The molecule has 2 heteroatoms. The summed E-state index contributed by atoms with van der Waals surface area (Å²) in [4.78, 5) is 0. The molecule has 0 aliphatic rings. The van der Waals surface area contributed by atoms with Gasteiger partial charge in [0.2, 0.25) is 0 Å². The zero-order valence-corrected chi connectivity index (χ0v) is 11.2. The summed E-state index contributed by atoms with van der Waals surface area (Å²) < 4.78 is 0. The Labute approximate surface area is 118 Å². The molecular weight excluding hydrogens is 254 g/mol. The smallest absolute Gasteiger partial charge is 0.0690 e. The predicted molar refractivity (Wildman–Crippen MR) is 83.6 cm³/mol. The van der Waals surface area contributed by atoms with E-state index in [1.807, 2.05) is 54.6 Å². The van der Waals surface area contributed by atoms with Gasteiger partial charge >= 0.3 is 0 Å². The fourth-order valence-electron chi connectivity index (χ4n) is 2.20. The van der Waals surface area contributed by atoms with Gasteiger partial charge in [-0.25, -0.2) is 0 Å². The van der Waals surface area contributed by atoms with Gasteiger partial charge in [-0.3, -0.25) is 5.41 Å². The van der Waals surface area contributed by atoms with Crippen molar-refractivity contribution in [3.05, 3.63) is 83.9 Å². The summed E-state index contributed by atoms with van der Waals surface area (Å²) in [6.07, 6.45) is 0. The highest BCUT2D eigenvalue weighted by molar-refractivity contribution is 6.17. The molecule has 0 aliphatic heterocycles. The third-order valence-corrected chi connectivity index (χ3v) is 3.12. The van der Waals surface area contributed by atoms with E-state index in [2.05, 4.69) is 18.2 Å². The summed E-state index contributed by atoms with van der Waals surface area (Å²) in [5.41, 5.74) is 2.51. The lowest BCUT2D eigenvalue weighted by Crippen LogP contribution is -2.01. The van der Waals surface area contributed by atoms with Crippen LogP contribution in [0, 0.1) is 5.41 Å². The number of halogens is 1. The van der Waals surface area contributed by atoms with Gasteiger partial charge in [0.05, 0.1) is 5.71 Å². The second kappa shape index (κ2) is 5.68. The van der Waals surface area contributed by atoms with Crippen LogP contribution in [0.1, 0.15) is 11.1 Å². The van der Waals surface area contributed by atoms with Gasteiger partial charge in [-0.2, -0.15) is 0 Å². The monoisotopic (exact) mass is 267 g/mol. The Kier molecular flexibility index (Phi) is 3.98. The van der Waals surface area contributed by atoms with E-state index in [9.17, 15) is 0 Å². The molecular formula is C17H14ClN. The number of fused-ring (bicyclic) bond motifs is 1. The van der Waals surface area contributed by atoms with Crippen LogP contribution < -0.4 is 0 Å².